The number of nitrogens with zero attached hydrogens (tertiary/aromatic N) is 5. The maximum atomic E-state index is 5.98. The Morgan fingerprint density at radius 3 is 2.95 bits per heavy atom. The van der Waals surface area contributed by atoms with E-state index in [1.54, 1.807) is 11.3 Å². The standard InChI is InChI=1S/C9H7ClN6S3/c10-7-5(12-15-19-7)4-18-9-14-13-8(16(9)11)6-2-1-3-17-6/h1-3H,4,11H2. The Morgan fingerprint density at radius 1 is 1.37 bits per heavy atom. The summed E-state index contributed by atoms with van der Waals surface area (Å²) >= 11 is 10.1. The lowest BCUT2D eigenvalue weighted by Crippen LogP contribution is -2.11. The maximum Gasteiger partial charge on any atom is 0.210 e. The molecular weight excluding hydrogens is 324 g/mol. The summed E-state index contributed by atoms with van der Waals surface area (Å²) in [6.07, 6.45) is 0. The van der Waals surface area contributed by atoms with E-state index >= 15 is 0 Å². The first kappa shape index (κ1) is 12.9. The number of nitrogens with two attached hydrogens (primary N) is 1. The molecule has 0 atom stereocenters. The molecule has 0 aliphatic carbocycles. The van der Waals surface area contributed by atoms with E-state index in [1.807, 2.05) is 17.5 Å². The number of rotatable bonds is 4. The normalized spacial score (nSPS) is 11.0. The zero-order chi connectivity index (χ0) is 13.2. The molecule has 0 fully saturated rings. The lowest BCUT2D eigenvalue weighted by atomic mass is 10.4. The Labute approximate surface area is 125 Å². The van der Waals surface area contributed by atoms with Crippen LogP contribution in [0.2, 0.25) is 4.34 Å². The third-order valence-corrected chi connectivity index (χ3v) is 5.06. The Balaban J connectivity index is 1.78. The molecule has 0 unspecified atom stereocenters. The van der Waals surface area contributed by atoms with Gasteiger partial charge in [0.15, 0.2) is 5.82 Å². The lowest BCUT2D eigenvalue weighted by Gasteiger charge is -2.00. The molecule has 19 heavy (non-hydrogen) atoms. The molecule has 6 nitrogen and oxygen atoms in total. The summed E-state index contributed by atoms with van der Waals surface area (Å²) in [6.45, 7) is 0. The van der Waals surface area contributed by atoms with Gasteiger partial charge >= 0.3 is 0 Å². The van der Waals surface area contributed by atoms with Gasteiger partial charge < -0.3 is 5.84 Å². The Bertz CT molecular complexity index is 676. The van der Waals surface area contributed by atoms with Crippen LogP contribution in [0.15, 0.2) is 22.7 Å². The fourth-order valence-electron chi connectivity index (χ4n) is 1.37. The summed E-state index contributed by atoms with van der Waals surface area (Å²) in [7, 11) is 0. The van der Waals surface area contributed by atoms with E-state index in [9.17, 15) is 0 Å². The summed E-state index contributed by atoms with van der Waals surface area (Å²) in [5.74, 6) is 7.20. The lowest BCUT2D eigenvalue weighted by molar-refractivity contribution is 0.849. The zero-order valence-electron chi connectivity index (χ0n) is 9.36. The van der Waals surface area contributed by atoms with Crippen molar-refractivity contribution in [2.24, 2.45) is 0 Å². The average molecular weight is 331 g/mol. The number of thioether (sulfide) groups is 1. The number of halogens is 1. The van der Waals surface area contributed by atoms with Gasteiger partial charge in [-0.3, -0.25) is 0 Å². The summed E-state index contributed by atoms with van der Waals surface area (Å²) in [4.78, 5) is 0.982. The molecule has 3 aromatic heterocycles. The summed E-state index contributed by atoms with van der Waals surface area (Å²) in [6, 6.07) is 3.90. The third-order valence-electron chi connectivity index (χ3n) is 2.25. The zero-order valence-corrected chi connectivity index (χ0v) is 12.6. The Hall–Kier alpha value is -1.16. The third kappa shape index (κ3) is 2.59. The van der Waals surface area contributed by atoms with Crippen LogP contribution < -0.4 is 5.84 Å². The van der Waals surface area contributed by atoms with Gasteiger partial charge in [0.05, 0.1) is 4.88 Å². The van der Waals surface area contributed by atoms with Crippen molar-refractivity contribution in [2.75, 3.05) is 5.84 Å². The highest BCUT2D eigenvalue weighted by molar-refractivity contribution is 7.98. The summed E-state index contributed by atoms with van der Waals surface area (Å²) < 4.78 is 5.84. The molecule has 3 aromatic rings. The SMILES string of the molecule is Nn1c(SCc2nnsc2Cl)nnc1-c1cccs1. The monoisotopic (exact) mass is 330 g/mol. The molecule has 2 N–H and O–H groups in total. The van der Waals surface area contributed by atoms with Crippen molar-refractivity contribution in [1.82, 2.24) is 24.5 Å². The van der Waals surface area contributed by atoms with Crippen molar-refractivity contribution in [3.63, 3.8) is 0 Å². The van der Waals surface area contributed by atoms with E-state index in [4.69, 9.17) is 17.4 Å². The van der Waals surface area contributed by atoms with Crippen LogP contribution in [0.4, 0.5) is 0 Å². The van der Waals surface area contributed by atoms with Crippen LogP contribution in [-0.2, 0) is 5.75 Å². The number of aromatic nitrogens is 5. The van der Waals surface area contributed by atoms with Gasteiger partial charge in [0.25, 0.3) is 0 Å². The molecule has 0 aromatic carbocycles. The minimum absolute atomic E-state index is 0.565. The first-order valence-corrected chi connectivity index (χ1v) is 8.11. The van der Waals surface area contributed by atoms with Gasteiger partial charge in [-0.1, -0.05) is 33.9 Å². The van der Waals surface area contributed by atoms with Crippen molar-refractivity contribution in [3.05, 3.63) is 27.5 Å². The maximum absolute atomic E-state index is 5.98. The number of thiophene rings is 1. The second-order valence-corrected chi connectivity index (χ2v) is 6.68. The smallest absolute Gasteiger partial charge is 0.210 e. The van der Waals surface area contributed by atoms with Crippen LogP contribution in [-0.4, -0.2) is 24.5 Å². The first-order chi connectivity index (χ1) is 9.25. The molecule has 0 amide bonds. The minimum atomic E-state index is 0.565. The van der Waals surface area contributed by atoms with Crippen molar-refractivity contribution in [2.45, 2.75) is 10.9 Å². The van der Waals surface area contributed by atoms with Crippen LogP contribution in [0.25, 0.3) is 10.7 Å². The molecule has 0 bridgehead atoms. The average Bonchev–Trinajstić information content (AvgIpc) is 3.09. The van der Waals surface area contributed by atoms with Gasteiger partial charge in [0.1, 0.15) is 10.0 Å². The Kier molecular flexibility index (Phi) is 3.69. The van der Waals surface area contributed by atoms with Crippen LogP contribution in [0.5, 0.6) is 0 Å². The van der Waals surface area contributed by atoms with Gasteiger partial charge in [-0.15, -0.1) is 26.6 Å². The summed E-state index contributed by atoms with van der Waals surface area (Å²) in [5, 5.41) is 14.7. The second-order valence-electron chi connectivity index (χ2n) is 3.44. The molecule has 0 saturated carbocycles. The predicted molar refractivity (Wildman–Crippen MR) is 78.0 cm³/mol. The minimum Gasteiger partial charge on any atom is -0.335 e. The highest BCUT2D eigenvalue weighted by Gasteiger charge is 2.14. The van der Waals surface area contributed by atoms with E-state index in [0.29, 0.717) is 21.1 Å². The van der Waals surface area contributed by atoms with Crippen LogP contribution in [0.3, 0.4) is 0 Å². The quantitative estimate of drug-likeness (QED) is 0.584. The summed E-state index contributed by atoms with van der Waals surface area (Å²) in [5.41, 5.74) is 0.734. The second kappa shape index (κ2) is 5.45. The number of hydrogen-bond acceptors (Lipinski definition) is 8. The molecule has 0 aliphatic heterocycles. The van der Waals surface area contributed by atoms with E-state index in [2.05, 4.69) is 19.8 Å². The molecule has 10 heteroatoms. The Morgan fingerprint density at radius 2 is 2.26 bits per heavy atom. The predicted octanol–water partition coefficient (Wildman–Crippen LogP) is 2.52. The number of nitrogen functional groups attached to an aromatic ring is 1. The fraction of sp³-hybridized carbons (Fsp3) is 0.111. The van der Waals surface area contributed by atoms with Crippen LogP contribution in [0.1, 0.15) is 5.69 Å². The van der Waals surface area contributed by atoms with Crippen molar-refractivity contribution in [1.29, 1.82) is 0 Å². The molecular formula is C9H7ClN6S3. The van der Waals surface area contributed by atoms with E-state index in [0.717, 1.165) is 10.6 Å². The van der Waals surface area contributed by atoms with Crippen molar-refractivity contribution in [3.8, 4) is 10.7 Å². The van der Waals surface area contributed by atoms with Crippen LogP contribution >= 0.6 is 46.2 Å². The van der Waals surface area contributed by atoms with Gasteiger partial charge in [0.2, 0.25) is 5.16 Å². The largest absolute Gasteiger partial charge is 0.335 e. The van der Waals surface area contributed by atoms with Gasteiger partial charge in [0, 0.05) is 17.3 Å². The van der Waals surface area contributed by atoms with Crippen LogP contribution in [0, 0.1) is 0 Å². The molecule has 0 aliphatic rings. The number of hydrogen-bond donors (Lipinski definition) is 1. The topological polar surface area (TPSA) is 82.5 Å². The fourth-order valence-corrected chi connectivity index (χ4v) is 3.66. The van der Waals surface area contributed by atoms with Crippen molar-refractivity contribution < 1.29 is 0 Å². The van der Waals surface area contributed by atoms with Gasteiger partial charge in [-0.25, -0.2) is 4.68 Å². The molecule has 0 saturated heterocycles. The molecule has 3 heterocycles. The van der Waals surface area contributed by atoms with Gasteiger partial charge in [-0.2, -0.15) is 0 Å². The van der Waals surface area contributed by atoms with Crippen molar-refractivity contribution >= 4 is 46.2 Å². The van der Waals surface area contributed by atoms with E-state index in [1.165, 1.54) is 28.0 Å². The van der Waals surface area contributed by atoms with E-state index < -0.39 is 0 Å². The first-order valence-electron chi connectivity index (χ1n) is 5.09. The molecule has 0 spiro atoms. The van der Waals surface area contributed by atoms with E-state index in [-0.39, 0.29) is 0 Å². The highest BCUT2D eigenvalue weighted by Crippen LogP contribution is 2.28. The highest BCUT2D eigenvalue weighted by atomic mass is 35.5. The van der Waals surface area contributed by atoms with Gasteiger partial charge in [-0.05, 0) is 11.4 Å². The molecule has 98 valence electrons. The molecule has 3 rings (SSSR count). The molecule has 0 radical (unpaired) electrons.